The fourth-order valence-corrected chi connectivity index (χ4v) is 2.10. The molecular formula is C12H18N4O5. The molecule has 9 heteroatoms. The van der Waals surface area contributed by atoms with E-state index in [1.165, 1.54) is 0 Å². The Morgan fingerprint density at radius 3 is 2.67 bits per heavy atom. The summed E-state index contributed by atoms with van der Waals surface area (Å²) in [5.74, 6) is -0.0956. The van der Waals surface area contributed by atoms with E-state index in [2.05, 4.69) is 20.8 Å². The first-order chi connectivity index (χ1) is 10.0. The standard InChI is InChI=1S/C12H18N4O5/c1-8-14-9(21-16-8)2-5-13-11(19)15-12(10(17)18)3-6-20-7-4-12/h2-7H2,1H3,(H,17,18)(H2,13,15,19). The maximum atomic E-state index is 11.8. The Bertz CT molecular complexity index is 510. The van der Waals surface area contributed by atoms with E-state index < -0.39 is 17.5 Å². The Morgan fingerprint density at radius 2 is 2.10 bits per heavy atom. The minimum atomic E-state index is -1.26. The summed E-state index contributed by atoms with van der Waals surface area (Å²) in [6.45, 7) is 2.61. The second kappa shape index (κ2) is 6.53. The molecule has 21 heavy (non-hydrogen) atoms. The molecule has 3 N–H and O–H groups in total. The van der Waals surface area contributed by atoms with Crippen LogP contribution in [0.1, 0.15) is 24.6 Å². The zero-order valence-corrected chi connectivity index (χ0v) is 11.7. The Balaban J connectivity index is 1.81. The Kier molecular flexibility index (Phi) is 4.73. The van der Waals surface area contributed by atoms with Gasteiger partial charge in [-0.15, -0.1) is 0 Å². The van der Waals surface area contributed by atoms with Gasteiger partial charge in [-0.1, -0.05) is 5.16 Å². The van der Waals surface area contributed by atoms with E-state index in [1.807, 2.05) is 0 Å². The van der Waals surface area contributed by atoms with E-state index in [0.717, 1.165) is 0 Å². The van der Waals surface area contributed by atoms with Crippen LogP contribution < -0.4 is 10.6 Å². The predicted molar refractivity (Wildman–Crippen MR) is 69.7 cm³/mol. The van der Waals surface area contributed by atoms with E-state index in [-0.39, 0.29) is 19.4 Å². The molecule has 0 spiro atoms. The first-order valence-corrected chi connectivity index (χ1v) is 6.68. The number of carbonyl (C=O) groups excluding carboxylic acids is 1. The number of nitrogens with zero attached hydrogens (tertiary/aromatic N) is 2. The average molecular weight is 298 g/mol. The fraction of sp³-hybridized carbons (Fsp3) is 0.667. The molecule has 1 aliphatic rings. The summed E-state index contributed by atoms with van der Waals surface area (Å²) in [4.78, 5) is 27.2. The number of hydrogen-bond donors (Lipinski definition) is 3. The molecular weight excluding hydrogens is 280 g/mol. The van der Waals surface area contributed by atoms with Crippen LogP contribution in [0.25, 0.3) is 0 Å². The summed E-state index contributed by atoms with van der Waals surface area (Å²) in [7, 11) is 0. The number of amides is 2. The first kappa shape index (κ1) is 15.2. The van der Waals surface area contributed by atoms with Crippen molar-refractivity contribution >= 4 is 12.0 Å². The maximum absolute atomic E-state index is 11.8. The summed E-state index contributed by atoms with van der Waals surface area (Å²) >= 11 is 0. The van der Waals surface area contributed by atoms with Crippen molar-refractivity contribution in [2.75, 3.05) is 19.8 Å². The van der Waals surface area contributed by atoms with Crippen LogP contribution in [0, 0.1) is 6.92 Å². The van der Waals surface area contributed by atoms with Gasteiger partial charge in [0.1, 0.15) is 5.54 Å². The number of carbonyl (C=O) groups is 2. The van der Waals surface area contributed by atoms with Crippen LogP contribution in [0.5, 0.6) is 0 Å². The maximum Gasteiger partial charge on any atom is 0.329 e. The van der Waals surface area contributed by atoms with Crippen molar-refractivity contribution in [3.8, 4) is 0 Å². The van der Waals surface area contributed by atoms with Crippen molar-refractivity contribution in [3.05, 3.63) is 11.7 Å². The lowest BCUT2D eigenvalue weighted by atomic mass is 9.90. The van der Waals surface area contributed by atoms with Gasteiger partial charge in [0.05, 0.1) is 0 Å². The van der Waals surface area contributed by atoms with Gasteiger partial charge in [-0.2, -0.15) is 4.98 Å². The zero-order chi connectivity index (χ0) is 15.3. The average Bonchev–Trinajstić information content (AvgIpc) is 2.85. The molecule has 0 aromatic carbocycles. The lowest BCUT2D eigenvalue weighted by Crippen LogP contribution is -2.59. The van der Waals surface area contributed by atoms with Gasteiger partial charge in [-0.3, -0.25) is 0 Å². The lowest BCUT2D eigenvalue weighted by Gasteiger charge is -2.33. The molecule has 0 atom stereocenters. The molecule has 1 aliphatic heterocycles. The van der Waals surface area contributed by atoms with Gasteiger partial charge in [0.25, 0.3) is 0 Å². The van der Waals surface area contributed by atoms with Crippen LogP contribution in [-0.2, 0) is 16.0 Å². The third-order valence-electron chi connectivity index (χ3n) is 3.30. The number of ether oxygens (including phenoxy) is 1. The zero-order valence-electron chi connectivity index (χ0n) is 11.7. The second-order valence-electron chi connectivity index (χ2n) is 4.87. The fourth-order valence-electron chi connectivity index (χ4n) is 2.10. The topological polar surface area (TPSA) is 127 Å². The molecule has 2 heterocycles. The van der Waals surface area contributed by atoms with E-state index in [4.69, 9.17) is 9.26 Å². The molecule has 0 unspecified atom stereocenters. The van der Waals surface area contributed by atoms with Crippen LogP contribution in [-0.4, -0.2) is 52.5 Å². The van der Waals surface area contributed by atoms with E-state index >= 15 is 0 Å². The van der Waals surface area contributed by atoms with Crippen LogP contribution in [0.4, 0.5) is 4.79 Å². The number of aromatic nitrogens is 2. The number of nitrogens with one attached hydrogen (secondary N) is 2. The third kappa shape index (κ3) is 3.91. The van der Waals surface area contributed by atoms with Crippen LogP contribution >= 0.6 is 0 Å². The molecule has 0 aliphatic carbocycles. The van der Waals surface area contributed by atoms with Crippen molar-refractivity contribution < 1.29 is 24.0 Å². The number of carboxylic acid groups (broad SMARTS) is 1. The number of carboxylic acids is 1. The van der Waals surface area contributed by atoms with Gasteiger partial charge in [-0.05, 0) is 6.92 Å². The highest BCUT2D eigenvalue weighted by Gasteiger charge is 2.41. The summed E-state index contributed by atoms with van der Waals surface area (Å²) in [6, 6.07) is -0.532. The van der Waals surface area contributed by atoms with Gasteiger partial charge >= 0.3 is 12.0 Å². The number of hydrogen-bond acceptors (Lipinski definition) is 6. The summed E-state index contributed by atoms with van der Waals surface area (Å²) in [6.07, 6.45) is 0.884. The number of aryl methyl sites for hydroxylation is 1. The molecule has 0 bridgehead atoms. The van der Waals surface area contributed by atoms with E-state index in [0.29, 0.717) is 31.3 Å². The number of rotatable bonds is 5. The predicted octanol–water partition coefficient (Wildman–Crippen LogP) is -0.146. The normalized spacial score (nSPS) is 17.2. The summed E-state index contributed by atoms with van der Waals surface area (Å²) < 4.78 is 10.0. The van der Waals surface area contributed by atoms with Crippen LogP contribution in [0.3, 0.4) is 0 Å². The van der Waals surface area contributed by atoms with Crippen LogP contribution in [0.15, 0.2) is 4.52 Å². The molecule has 0 saturated carbocycles. The second-order valence-corrected chi connectivity index (χ2v) is 4.87. The molecule has 2 amide bonds. The summed E-state index contributed by atoms with van der Waals surface area (Å²) in [5, 5.41) is 18.1. The molecule has 1 fully saturated rings. The summed E-state index contributed by atoms with van der Waals surface area (Å²) in [5.41, 5.74) is -1.26. The quantitative estimate of drug-likeness (QED) is 0.690. The molecule has 1 saturated heterocycles. The van der Waals surface area contributed by atoms with Gasteiger partial charge in [-0.25, -0.2) is 9.59 Å². The minimum absolute atomic E-state index is 0.249. The lowest BCUT2D eigenvalue weighted by molar-refractivity contribution is -0.148. The van der Waals surface area contributed by atoms with Gasteiger partial charge in [0.2, 0.25) is 5.89 Å². The highest BCUT2D eigenvalue weighted by molar-refractivity contribution is 5.86. The molecule has 116 valence electrons. The van der Waals surface area contributed by atoms with Gasteiger partial charge in [0.15, 0.2) is 5.82 Å². The molecule has 1 aromatic heterocycles. The highest BCUT2D eigenvalue weighted by Crippen LogP contribution is 2.20. The monoisotopic (exact) mass is 298 g/mol. The van der Waals surface area contributed by atoms with Gasteiger partial charge in [0, 0.05) is 39.0 Å². The van der Waals surface area contributed by atoms with Crippen molar-refractivity contribution in [2.24, 2.45) is 0 Å². The number of aliphatic carboxylic acids is 1. The SMILES string of the molecule is Cc1noc(CCNC(=O)NC2(C(=O)O)CCOCC2)n1. The van der Waals surface area contributed by atoms with E-state index in [9.17, 15) is 14.7 Å². The Morgan fingerprint density at radius 1 is 1.38 bits per heavy atom. The minimum Gasteiger partial charge on any atom is -0.480 e. The smallest absolute Gasteiger partial charge is 0.329 e. The number of urea groups is 1. The molecule has 9 nitrogen and oxygen atoms in total. The third-order valence-corrected chi connectivity index (χ3v) is 3.30. The Hall–Kier alpha value is -2.16. The van der Waals surface area contributed by atoms with Gasteiger partial charge < -0.3 is 25.0 Å². The Labute approximate surface area is 121 Å². The molecule has 0 radical (unpaired) electrons. The first-order valence-electron chi connectivity index (χ1n) is 6.68. The molecule has 2 rings (SSSR count). The van der Waals surface area contributed by atoms with E-state index in [1.54, 1.807) is 6.92 Å². The molecule has 1 aromatic rings. The van der Waals surface area contributed by atoms with Crippen LogP contribution in [0.2, 0.25) is 0 Å². The van der Waals surface area contributed by atoms with Crippen molar-refractivity contribution in [1.29, 1.82) is 0 Å². The van der Waals surface area contributed by atoms with Crippen molar-refractivity contribution in [1.82, 2.24) is 20.8 Å². The van der Waals surface area contributed by atoms with Crippen molar-refractivity contribution in [2.45, 2.75) is 31.7 Å². The van der Waals surface area contributed by atoms with Crippen molar-refractivity contribution in [3.63, 3.8) is 0 Å². The largest absolute Gasteiger partial charge is 0.480 e. The highest BCUT2D eigenvalue weighted by atomic mass is 16.5.